The Bertz CT molecular complexity index is 825. The Balaban J connectivity index is 2.93. The lowest BCUT2D eigenvalue weighted by Crippen LogP contribution is -2.21. The number of pyridine rings is 1. The number of hydrogen-bond donors (Lipinski definition) is 0. The Labute approximate surface area is 124 Å². The lowest BCUT2D eigenvalue weighted by molar-refractivity contribution is -0.383. The predicted molar refractivity (Wildman–Crippen MR) is 75.7 cm³/mol. The van der Waals surface area contributed by atoms with Gasteiger partial charge in [0.2, 0.25) is 0 Å². The van der Waals surface area contributed by atoms with Gasteiger partial charge in [-0.3, -0.25) is 15.1 Å². The summed E-state index contributed by atoms with van der Waals surface area (Å²) in [6, 6.07) is 3.33. The zero-order valence-corrected chi connectivity index (χ0v) is 12.4. The van der Waals surface area contributed by atoms with Gasteiger partial charge in [0.25, 0.3) is 5.69 Å². The number of nitro benzene ring substituents is 1. The van der Waals surface area contributed by atoms with Crippen molar-refractivity contribution in [2.45, 2.75) is 17.1 Å². The summed E-state index contributed by atoms with van der Waals surface area (Å²) in [4.78, 5) is 13.3. The fraction of sp³-hybridized carbons (Fsp3) is 0.250. The van der Waals surface area contributed by atoms with Crippen molar-refractivity contribution in [2.24, 2.45) is 0 Å². The molecule has 2 rings (SSSR count). The van der Waals surface area contributed by atoms with Crippen LogP contribution in [0.5, 0.6) is 0 Å². The van der Waals surface area contributed by atoms with Crippen LogP contribution in [-0.2, 0) is 9.84 Å². The molecule has 0 saturated heterocycles. The number of benzene rings is 1. The highest BCUT2D eigenvalue weighted by Crippen LogP contribution is 2.33. The minimum Gasteiger partial charge on any atom is -0.258 e. The van der Waals surface area contributed by atoms with Gasteiger partial charge in [-0.25, -0.2) is 12.8 Å². The summed E-state index contributed by atoms with van der Waals surface area (Å²) in [6.07, 6.45) is 1.25. The molecular weight excluding hydrogens is 323 g/mol. The van der Waals surface area contributed by atoms with Gasteiger partial charge in [-0.1, -0.05) is 0 Å². The van der Waals surface area contributed by atoms with E-state index in [1.54, 1.807) is 0 Å². The second-order valence-corrected chi connectivity index (χ2v) is 6.98. The van der Waals surface area contributed by atoms with Crippen molar-refractivity contribution < 1.29 is 17.7 Å². The van der Waals surface area contributed by atoms with E-state index in [0.29, 0.717) is 6.07 Å². The molecule has 0 fully saturated rings. The molecule has 9 heteroatoms. The van der Waals surface area contributed by atoms with Gasteiger partial charge in [0.15, 0.2) is 15.7 Å². The second-order valence-electron chi connectivity index (χ2n) is 4.37. The van der Waals surface area contributed by atoms with Crippen LogP contribution in [0.4, 0.5) is 10.1 Å². The zero-order valence-electron chi connectivity index (χ0n) is 10.8. The maximum absolute atomic E-state index is 14.2. The first-order valence-electron chi connectivity index (χ1n) is 5.82. The number of non-ortho nitro benzene ring substituents is 1. The summed E-state index contributed by atoms with van der Waals surface area (Å²) < 4.78 is 38.9. The van der Waals surface area contributed by atoms with E-state index in [4.69, 9.17) is 11.6 Å². The molecule has 0 radical (unpaired) electrons. The van der Waals surface area contributed by atoms with E-state index < -0.39 is 36.4 Å². The van der Waals surface area contributed by atoms with Crippen LogP contribution in [0.15, 0.2) is 29.3 Å². The Kier molecular flexibility index (Phi) is 4.11. The third kappa shape index (κ3) is 2.56. The third-order valence-electron chi connectivity index (χ3n) is 3.01. The Hall–Kier alpha value is -1.80. The normalized spacial score (nSPS) is 13.3. The molecule has 1 aromatic heterocycles. The molecule has 6 nitrogen and oxygen atoms in total. The largest absolute Gasteiger partial charge is 0.281 e. The van der Waals surface area contributed by atoms with Gasteiger partial charge in [0.05, 0.1) is 27.1 Å². The van der Waals surface area contributed by atoms with E-state index >= 15 is 0 Å². The SMILES string of the molecule is CC(CCl)S(=O)(=O)c1c(F)cc([N+](=O)[O-])c2cccnc12. The first-order chi connectivity index (χ1) is 9.80. The van der Waals surface area contributed by atoms with Crippen molar-refractivity contribution in [3.8, 4) is 0 Å². The highest BCUT2D eigenvalue weighted by atomic mass is 35.5. The Morgan fingerprint density at radius 2 is 2.19 bits per heavy atom. The molecular formula is C12H10ClFN2O4S. The summed E-state index contributed by atoms with van der Waals surface area (Å²) in [5, 5.41) is 9.88. The lowest BCUT2D eigenvalue weighted by atomic mass is 10.2. The van der Waals surface area contributed by atoms with Crippen molar-refractivity contribution >= 4 is 38.0 Å². The molecule has 1 aromatic carbocycles. The van der Waals surface area contributed by atoms with Gasteiger partial charge in [-0.05, 0) is 19.1 Å². The van der Waals surface area contributed by atoms with E-state index in [2.05, 4.69) is 4.98 Å². The number of nitro groups is 1. The van der Waals surface area contributed by atoms with Crippen LogP contribution >= 0.6 is 11.6 Å². The predicted octanol–water partition coefficient (Wildman–Crippen LogP) is 2.68. The molecule has 0 spiro atoms. The molecule has 2 aromatic rings. The number of hydrogen-bond acceptors (Lipinski definition) is 5. The first-order valence-corrected chi connectivity index (χ1v) is 7.90. The van der Waals surface area contributed by atoms with Gasteiger partial charge in [-0.15, -0.1) is 11.6 Å². The van der Waals surface area contributed by atoms with Gasteiger partial charge in [-0.2, -0.15) is 0 Å². The van der Waals surface area contributed by atoms with Crippen LogP contribution in [-0.4, -0.2) is 29.5 Å². The van der Waals surface area contributed by atoms with Crippen molar-refractivity contribution in [2.75, 3.05) is 5.88 Å². The second kappa shape index (κ2) is 5.53. The standard InChI is InChI=1S/C12H10ClFN2O4S/c1-7(6-13)21(19,20)12-9(14)5-10(16(17)18)8-3-2-4-15-11(8)12/h2-5,7H,6H2,1H3. The van der Waals surface area contributed by atoms with Crippen LogP contribution in [0, 0.1) is 15.9 Å². The number of rotatable bonds is 4. The Morgan fingerprint density at radius 1 is 1.52 bits per heavy atom. The average Bonchev–Trinajstić information content (AvgIpc) is 2.44. The van der Waals surface area contributed by atoms with Gasteiger partial charge < -0.3 is 0 Å². The van der Waals surface area contributed by atoms with E-state index in [9.17, 15) is 22.9 Å². The van der Waals surface area contributed by atoms with E-state index in [1.165, 1.54) is 25.3 Å². The molecule has 0 aliphatic rings. The number of aromatic nitrogens is 1. The minimum absolute atomic E-state index is 0.0377. The summed E-state index contributed by atoms with van der Waals surface area (Å²) in [6.45, 7) is 1.33. The maximum atomic E-state index is 14.2. The zero-order chi connectivity index (χ0) is 15.8. The number of sulfone groups is 1. The Morgan fingerprint density at radius 3 is 2.76 bits per heavy atom. The van der Waals surface area contributed by atoms with Crippen LogP contribution in [0.25, 0.3) is 10.9 Å². The molecule has 1 unspecified atom stereocenters. The highest BCUT2D eigenvalue weighted by Gasteiger charge is 2.31. The molecule has 0 aliphatic carbocycles. The monoisotopic (exact) mass is 332 g/mol. The van der Waals surface area contributed by atoms with E-state index in [-0.39, 0.29) is 16.8 Å². The molecule has 0 amide bonds. The van der Waals surface area contributed by atoms with E-state index in [0.717, 1.165) is 0 Å². The van der Waals surface area contributed by atoms with Gasteiger partial charge >= 0.3 is 0 Å². The smallest absolute Gasteiger partial charge is 0.258 e. The maximum Gasteiger partial charge on any atom is 0.281 e. The fourth-order valence-corrected chi connectivity index (χ4v) is 3.70. The fourth-order valence-electron chi connectivity index (χ4n) is 1.88. The average molecular weight is 333 g/mol. The summed E-state index contributed by atoms with van der Waals surface area (Å²) in [5.74, 6) is -1.43. The molecule has 112 valence electrons. The number of nitrogens with zero attached hydrogens (tertiary/aromatic N) is 2. The number of alkyl halides is 1. The van der Waals surface area contributed by atoms with Crippen molar-refractivity contribution in [1.29, 1.82) is 0 Å². The molecule has 0 N–H and O–H groups in total. The van der Waals surface area contributed by atoms with Crippen LogP contribution in [0.1, 0.15) is 6.92 Å². The number of halogens is 2. The summed E-state index contributed by atoms with van der Waals surface area (Å²) in [7, 11) is -4.08. The summed E-state index contributed by atoms with van der Waals surface area (Å²) in [5.41, 5.74) is -0.797. The quantitative estimate of drug-likeness (QED) is 0.487. The van der Waals surface area contributed by atoms with Crippen LogP contribution < -0.4 is 0 Å². The topological polar surface area (TPSA) is 90.2 Å². The van der Waals surface area contributed by atoms with Gasteiger partial charge in [0, 0.05) is 12.1 Å². The summed E-state index contributed by atoms with van der Waals surface area (Å²) >= 11 is 5.54. The molecule has 0 saturated carbocycles. The molecule has 1 heterocycles. The molecule has 0 bridgehead atoms. The molecule has 21 heavy (non-hydrogen) atoms. The molecule has 0 aliphatic heterocycles. The van der Waals surface area contributed by atoms with E-state index in [1.807, 2.05) is 0 Å². The third-order valence-corrected chi connectivity index (χ3v) is 5.84. The first kappa shape index (κ1) is 15.6. The van der Waals surface area contributed by atoms with Crippen molar-refractivity contribution in [3.63, 3.8) is 0 Å². The van der Waals surface area contributed by atoms with Gasteiger partial charge in [0.1, 0.15) is 4.90 Å². The van der Waals surface area contributed by atoms with Crippen molar-refractivity contribution in [1.82, 2.24) is 4.98 Å². The number of fused-ring (bicyclic) bond motifs is 1. The van der Waals surface area contributed by atoms with Crippen molar-refractivity contribution in [3.05, 3.63) is 40.3 Å². The minimum atomic E-state index is -4.08. The highest BCUT2D eigenvalue weighted by molar-refractivity contribution is 7.92. The molecule has 1 atom stereocenters. The lowest BCUT2D eigenvalue weighted by Gasteiger charge is -2.12. The van der Waals surface area contributed by atoms with Crippen LogP contribution in [0.3, 0.4) is 0 Å². The van der Waals surface area contributed by atoms with Crippen LogP contribution in [0.2, 0.25) is 0 Å².